The topological polar surface area (TPSA) is 46.5 Å². The van der Waals surface area contributed by atoms with Crippen molar-refractivity contribution < 1.29 is 14.6 Å². The van der Waals surface area contributed by atoms with Crippen LogP contribution < -0.4 is 0 Å². The number of esters is 1. The van der Waals surface area contributed by atoms with Crippen molar-refractivity contribution in [3.63, 3.8) is 0 Å². The van der Waals surface area contributed by atoms with E-state index in [1.807, 2.05) is 0 Å². The van der Waals surface area contributed by atoms with E-state index >= 15 is 0 Å². The second-order valence-electron chi connectivity index (χ2n) is 2.83. The molecular formula is C7H12O3. The van der Waals surface area contributed by atoms with Crippen LogP contribution in [-0.4, -0.2) is 23.8 Å². The Balaban J connectivity index is 2.29. The van der Waals surface area contributed by atoms with E-state index in [0.29, 0.717) is 0 Å². The highest BCUT2D eigenvalue weighted by Crippen LogP contribution is 2.34. The lowest BCUT2D eigenvalue weighted by atomic mass is 9.78. The zero-order valence-corrected chi connectivity index (χ0v) is 6.09. The molecule has 1 saturated carbocycles. The number of methoxy groups -OCH3 is 1. The summed E-state index contributed by atoms with van der Waals surface area (Å²) in [7, 11) is 1.34. The van der Waals surface area contributed by atoms with Crippen LogP contribution in [0.3, 0.4) is 0 Å². The van der Waals surface area contributed by atoms with Gasteiger partial charge in [-0.25, -0.2) is 0 Å². The summed E-state index contributed by atoms with van der Waals surface area (Å²) in [6, 6.07) is 0. The molecule has 10 heavy (non-hydrogen) atoms. The maximum absolute atomic E-state index is 10.6. The molecule has 0 saturated heterocycles. The monoisotopic (exact) mass is 144 g/mol. The number of hydrogen-bond donors (Lipinski definition) is 1. The minimum atomic E-state index is -0.729. The second-order valence-corrected chi connectivity index (χ2v) is 2.83. The van der Waals surface area contributed by atoms with Gasteiger partial charge in [-0.2, -0.15) is 0 Å². The second kappa shape index (κ2) is 2.58. The molecule has 1 fully saturated rings. The van der Waals surface area contributed by atoms with Gasteiger partial charge in [0.15, 0.2) is 0 Å². The van der Waals surface area contributed by atoms with Gasteiger partial charge in [-0.1, -0.05) is 0 Å². The molecule has 0 unspecified atom stereocenters. The zero-order chi connectivity index (χ0) is 7.61. The van der Waals surface area contributed by atoms with Gasteiger partial charge in [-0.3, -0.25) is 4.79 Å². The van der Waals surface area contributed by atoms with Gasteiger partial charge < -0.3 is 9.84 Å². The molecule has 58 valence electrons. The predicted octanol–water partition coefficient (Wildman–Crippen LogP) is 0.464. The average Bonchev–Trinajstić information content (AvgIpc) is 1.84. The van der Waals surface area contributed by atoms with Crippen molar-refractivity contribution in [1.82, 2.24) is 0 Å². The Morgan fingerprint density at radius 1 is 1.70 bits per heavy atom. The van der Waals surface area contributed by atoms with E-state index in [9.17, 15) is 9.90 Å². The molecule has 0 aromatic carbocycles. The molecule has 0 bridgehead atoms. The number of aliphatic hydroxyl groups is 1. The molecule has 0 amide bonds. The van der Waals surface area contributed by atoms with Crippen LogP contribution in [0.15, 0.2) is 0 Å². The van der Waals surface area contributed by atoms with Crippen molar-refractivity contribution in [2.75, 3.05) is 7.11 Å². The number of hydrogen-bond acceptors (Lipinski definition) is 3. The fourth-order valence-electron chi connectivity index (χ4n) is 1.10. The third-order valence-electron chi connectivity index (χ3n) is 1.99. The van der Waals surface area contributed by atoms with Crippen LogP contribution in [0, 0.1) is 0 Å². The van der Waals surface area contributed by atoms with E-state index < -0.39 is 5.60 Å². The number of carbonyl (C=O) groups excluding carboxylic acids is 1. The quantitative estimate of drug-likeness (QED) is 0.573. The summed E-state index contributed by atoms with van der Waals surface area (Å²) in [6.07, 6.45) is 2.65. The van der Waals surface area contributed by atoms with Crippen LogP contribution in [0.5, 0.6) is 0 Å². The minimum absolute atomic E-state index is 0.156. The highest BCUT2D eigenvalue weighted by atomic mass is 16.5. The van der Waals surface area contributed by atoms with Gasteiger partial charge in [0.25, 0.3) is 0 Å². The van der Waals surface area contributed by atoms with Crippen molar-refractivity contribution in [3.05, 3.63) is 0 Å². The van der Waals surface area contributed by atoms with Crippen LogP contribution in [0.25, 0.3) is 0 Å². The Morgan fingerprint density at radius 3 is 2.60 bits per heavy atom. The van der Waals surface area contributed by atoms with Crippen molar-refractivity contribution in [2.45, 2.75) is 31.3 Å². The first-order valence-corrected chi connectivity index (χ1v) is 3.45. The molecule has 3 heteroatoms. The van der Waals surface area contributed by atoms with Crippen LogP contribution in [-0.2, 0) is 9.53 Å². The highest BCUT2D eigenvalue weighted by Gasteiger charge is 2.36. The molecule has 1 rings (SSSR count). The predicted molar refractivity (Wildman–Crippen MR) is 35.4 cm³/mol. The molecule has 1 N–H and O–H groups in total. The van der Waals surface area contributed by atoms with Crippen LogP contribution in [0.1, 0.15) is 25.7 Å². The Labute approximate surface area is 60.0 Å². The van der Waals surface area contributed by atoms with E-state index in [-0.39, 0.29) is 12.4 Å². The third-order valence-corrected chi connectivity index (χ3v) is 1.99. The number of carbonyl (C=O) groups is 1. The first-order valence-electron chi connectivity index (χ1n) is 3.45. The summed E-state index contributed by atoms with van der Waals surface area (Å²) in [6.45, 7) is 0. The molecule has 1 aliphatic rings. The van der Waals surface area contributed by atoms with Crippen molar-refractivity contribution >= 4 is 5.97 Å². The summed E-state index contributed by atoms with van der Waals surface area (Å²) in [5.41, 5.74) is -0.729. The summed E-state index contributed by atoms with van der Waals surface area (Å²) in [5.74, 6) is -0.317. The highest BCUT2D eigenvalue weighted by molar-refractivity contribution is 5.70. The number of ether oxygens (including phenoxy) is 1. The fourth-order valence-corrected chi connectivity index (χ4v) is 1.10. The van der Waals surface area contributed by atoms with E-state index in [1.165, 1.54) is 7.11 Å². The first-order chi connectivity index (χ1) is 4.66. The molecular weight excluding hydrogens is 132 g/mol. The smallest absolute Gasteiger partial charge is 0.308 e. The average molecular weight is 144 g/mol. The Bertz CT molecular complexity index is 138. The van der Waals surface area contributed by atoms with Gasteiger partial charge in [-0.15, -0.1) is 0 Å². The van der Waals surface area contributed by atoms with E-state index in [4.69, 9.17) is 0 Å². The molecule has 3 nitrogen and oxygen atoms in total. The molecule has 0 spiro atoms. The molecule has 0 aliphatic heterocycles. The zero-order valence-electron chi connectivity index (χ0n) is 6.09. The normalized spacial score (nSPS) is 21.4. The van der Waals surface area contributed by atoms with E-state index in [2.05, 4.69) is 4.74 Å². The maximum atomic E-state index is 10.6. The maximum Gasteiger partial charge on any atom is 0.308 e. The van der Waals surface area contributed by atoms with Crippen LogP contribution in [0.2, 0.25) is 0 Å². The lowest BCUT2D eigenvalue weighted by Crippen LogP contribution is -2.39. The first kappa shape index (κ1) is 7.54. The molecule has 0 aromatic heterocycles. The van der Waals surface area contributed by atoms with E-state index in [0.717, 1.165) is 19.3 Å². The Hall–Kier alpha value is -0.570. The van der Waals surface area contributed by atoms with Gasteiger partial charge in [0.1, 0.15) is 0 Å². The fraction of sp³-hybridized carbons (Fsp3) is 0.857. The lowest BCUT2D eigenvalue weighted by molar-refractivity contribution is -0.150. The summed E-state index contributed by atoms with van der Waals surface area (Å²) in [5, 5.41) is 9.41. The summed E-state index contributed by atoms with van der Waals surface area (Å²) in [4.78, 5) is 10.6. The Morgan fingerprint density at radius 2 is 2.30 bits per heavy atom. The summed E-state index contributed by atoms with van der Waals surface area (Å²) >= 11 is 0. The molecule has 0 atom stereocenters. The van der Waals surface area contributed by atoms with Crippen molar-refractivity contribution in [2.24, 2.45) is 0 Å². The van der Waals surface area contributed by atoms with Crippen LogP contribution in [0.4, 0.5) is 0 Å². The van der Waals surface area contributed by atoms with Gasteiger partial charge in [0, 0.05) is 0 Å². The van der Waals surface area contributed by atoms with Crippen molar-refractivity contribution in [3.8, 4) is 0 Å². The van der Waals surface area contributed by atoms with Gasteiger partial charge >= 0.3 is 5.97 Å². The largest absolute Gasteiger partial charge is 0.469 e. The SMILES string of the molecule is COC(=O)CC1(O)CCC1. The van der Waals surface area contributed by atoms with Gasteiger partial charge in [0.2, 0.25) is 0 Å². The Kier molecular flexibility index (Phi) is 1.94. The summed E-state index contributed by atoms with van der Waals surface area (Å²) < 4.78 is 4.42. The molecule has 0 heterocycles. The van der Waals surface area contributed by atoms with E-state index in [1.54, 1.807) is 0 Å². The standard InChI is InChI=1S/C7H12O3/c1-10-6(8)5-7(9)3-2-4-7/h9H,2-5H2,1H3. The van der Waals surface area contributed by atoms with Gasteiger partial charge in [0.05, 0.1) is 19.1 Å². The molecule has 0 radical (unpaired) electrons. The lowest BCUT2D eigenvalue weighted by Gasteiger charge is -2.35. The number of rotatable bonds is 2. The molecule has 0 aromatic rings. The van der Waals surface area contributed by atoms with Crippen LogP contribution >= 0.6 is 0 Å². The van der Waals surface area contributed by atoms with Gasteiger partial charge in [-0.05, 0) is 19.3 Å². The third kappa shape index (κ3) is 1.48. The minimum Gasteiger partial charge on any atom is -0.469 e. The molecule has 1 aliphatic carbocycles. The van der Waals surface area contributed by atoms with Crippen molar-refractivity contribution in [1.29, 1.82) is 0 Å².